The number of ether oxygens (including phenoxy) is 1. The third kappa shape index (κ3) is 3.73. The van der Waals surface area contributed by atoms with Gasteiger partial charge in [-0.25, -0.2) is 0 Å². The van der Waals surface area contributed by atoms with Crippen LogP contribution in [-0.2, 0) is 0 Å². The molecule has 2 aliphatic rings. The van der Waals surface area contributed by atoms with E-state index in [9.17, 15) is 13.2 Å². The molecule has 1 aliphatic heterocycles. The van der Waals surface area contributed by atoms with Crippen LogP contribution in [0.1, 0.15) is 30.9 Å². The largest absolute Gasteiger partial charge is 0.573 e. The Morgan fingerprint density at radius 2 is 1.91 bits per heavy atom. The van der Waals surface area contributed by atoms with Gasteiger partial charge in [0.05, 0.1) is 0 Å². The van der Waals surface area contributed by atoms with Crippen LogP contribution >= 0.6 is 0 Å². The van der Waals surface area contributed by atoms with Crippen molar-refractivity contribution in [3.63, 3.8) is 0 Å². The Labute approximate surface area is 128 Å². The fourth-order valence-corrected chi connectivity index (χ4v) is 3.39. The highest BCUT2D eigenvalue weighted by atomic mass is 19.4. The molecule has 1 saturated carbocycles. The molecular weight excluding hydrogens is 293 g/mol. The third-order valence-electron chi connectivity index (χ3n) is 4.57. The fraction of sp³-hybridized carbons (Fsp3) is 0.625. The van der Waals surface area contributed by atoms with Crippen molar-refractivity contribution < 1.29 is 17.9 Å². The van der Waals surface area contributed by atoms with Crippen LogP contribution in [0.5, 0.6) is 5.75 Å². The molecule has 0 spiro atoms. The fourth-order valence-electron chi connectivity index (χ4n) is 3.39. The normalized spacial score (nSPS) is 22.1. The van der Waals surface area contributed by atoms with E-state index in [2.05, 4.69) is 15.0 Å². The summed E-state index contributed by atoms with van der Waals surface area (Å²) in [7, 11) is 0. The summed E-state index contributed by atoms with van der Waals surface area (Å²) < 4.78 is 41.4. The molecule has 1 saturated heterocycles. The topological polar surface area (TPSA) is 24.5 Å². The van der Waals surface area contributed by atoms with Crippen molar-refractivity contribution in [1.29, 1.82) is 0 Å². The van der Waals surface area contributed by atoms with Crippen molar-refractivity contribution in [2.24, 2.45) is 5.92 Å². The van der Waals surface area contributed by atoms with E-state index in [1.54, 1.807) is 12.1 Å². The molecule has 122 valence electrons. The first kappa shape index (κ1) is 15.6. The van der Waals surface area contributed by atoms with Gasteiger partial charge in [0.1, 0.15) is 5.75 Å². The lowest BCUT2D eigenvalue weighted by Crippen LogP contribution is -2.47. The average Bonchev–Trinajstić information content (AvgIpc) is 2.42. The molecule has 1 N–H and O–H groups in total. The average molecular weight is 314 g/mol. The second-order valence-corrected chi connectivity index (χ2v) is 6.04. The summed E-state index contributed by atoms with van der Waals surface area (Å²) in [4.78, 5) is 2.40. The van der Waals surface area contributed by atoms with Gasteiger partial charge in [-0.05, 0) is 36.5 Å². The van der Waals surface area contributed by atoms with E-state index in [0.717, 1.165) is 44.6 Å². The highest BCUT2D eigenvalue weighted by Gasteiger charge is 2.35. The van der Waals surface area contributed by atoms with E-state index in [1.807, 2.05) is 6.07 Å². The molecule has 1 atom stereocenters. The van der Waals surface area contributed by atoms with Crippen LogP contribution in [-0.4, -0.2) is 37.4 Å². The van der Waals surface area contributed by atoms with E-state index in [-0.39, 0.29) is 11.8 Å². The highest BCUT2D eigenvalue weighted by Crippen LogP contribution is 2.42. The molecule has 2 fully saturated rings. The van der Waals surface area contributed by atoms with Crippen LogP contribution in [0.3, 0.4) is 0 Å². The molecular formula is C16H21F3N2O. The van der Waals surface area contributed by atoms with Gasteiger partial charge < -0.3 is 10.1 Å². The van der Waals surface area contributed by atoms with Crippen LogP contribution in [0.25, 0.3) is 0 Å². The van der Waals surface area contributed by atoms with E-state index < -0.39 is 6.36 Å². The number of hydrogen-bond acceptors (Lipinski definition) is 3. The molecule has 1 heterocycles. The van der Waals surface area contributed by atoms with Crippen molar-refractivity contribution in [3.8, 4) is 5.75 Å². The second-order valence-electron chi connectivity index (χ2n) is 6.04. The molecule has 0 amide bonds. The van der Waals surface area contributed by atoms with Gasteiger partial charge >= 0.3 is 6.36 Å². The van der Waals surface area contributed by atoms with Crippen LogP contribution in [0.15, 0.2) is 24.3 Å². The Morgan fingerprint density at radius 1 is 1.18 bits per heavy atom. The second kappa shape index (κ2) is 6.46. The minimum atomic E-state index is -4.64. The third-order valence-corrected chi connectivity index (χ3v) is 4.57. The molecule has 0 bridgehead atoms. The summed E-state index contributed by atoms with van der Waals surface area (Å²) in [6, 6.07) is 6.71. The van der Waals surface area contributed by atoms with Crippen molar-refractivity contribution in [3.05, 3.63) is 29.8 Å². The predicted molar refractivity (Wildman–Crippen MR) is 77.6 cm³/mol. The maximum absolute atomic E-state index is 12.4. The van der Waals surface area contributed by atoms with Crippen molar-refractivity contribution >= 4 is 0 Å². The minimum Gasteiger partial charge on any atom is -0.406 e. The number of nitrogens with zero attached hydrogens (tertiary/aromatic N) is 1. The summed E-state index contributed by atoms with van der Waals surface area (Å²) >= 11 is 0. The summed E-state index contributed by atoms with van der Waals surface area (Å²) in [6.07, 6.45) is -1.12. The van der Waals surface area contributed by atoms with Crippen molar-refractivity contribution in [2.75, 3.05) is 26.2 Å². The Balaban J connectivity index is 1.82. The lowest BCUT2D eigenvalue weighted by molar-refractivity contribution is -0.274. The number of alkyl halides is 3. The number of hydrogen-bond donors (Lipinski definition) is 1. The monoisotopic (exact) mass is 314 g/mol. The standard InChI is InChI=1S/C16H21F3N2O/c17-16(18,19)22-14-6-2-5-13(11-14)15(12-3-1-4-12)21-9-7-20-8-10-21/h2,5-6,11-12,15,20H,1,3-4,7-10H2/t15-/m0/s1. The number of nitrogens with one attached hydrogen (secondary N) is 1. The van der Waals surface area contributed by atoms with Gasteiger partial charge in [0.2, 0.25) is 0 Å². The van der Waals surface area contributed by atoms with Gasteiger partial charge in [-0.15, -0.1) is 13.2 Å². The molecule has 3 rings (SSSR count). The lowest BCUT2D eigenvalue weighted by atomic mass is 9.76. The van der Waals surface area contributed by atoms with Gasteiger partial charge in [-0.2, -0.15) is 0 Å². The SMILES string of the molecule is FC(F)(F)Oc1cccc([C@H](C2CCC2)N2CCNCC2)c1. The quantitative estimate of drug-likeness (QED) is 0.922. The zero-order valence-electron chi connectivity index (χ0n) is 12.4. The number of halogens is 3. The lowest BCUT2D eigenvalue weighted by Gasteiger charge is -2.43. The highest BCUT2D eigenvalue weighted by molar-refractivity contribution is 5.31. The first-order valence-corrected chi connectivity index (χ1v) is 7.83. The first-order chi connectivity index (χ1) is 10.5. The van der Waals surface area contributed by atoms with Crippen LogP contribution < -0.4 is 10.1 Å². The molecule has 1 aromatic carbocycles. The Hall–Kier alpha value is -1.27. The number of benzene rings is 1. The smallest absolute Gasteiger partial charge is 0.406 e. The van der Waals surface area contributed by atoms with E-state index in [4.69, 9.17) is 0 Å². The molecule has 0 unspecified atom stereocenters. The van der Waals surface area contributed by atoms with E-state index in [0.29, 0.717) is 5.92 Å². The Bertz CT molecular complexity index is 496. The van der Waals surface area contributed by atoms with Crippen LogP contribution in [0, 0.1) is 5.92 Å². The van der Waals surface area contributed by atoms with Gasteiger partial charge in [0.25, 0.3) is 0 Å². The molecule has 6 heteroatoms. The van der Waals surface area contributed by atoms with Crippen molar-refractivity contribution in [1.82, 2.24) is 10.2 Å². The number of piperazine rings is 1. The maximum atomic E-state index is 12.4. The molecule has 22 heavy (non-hydrogen) atoms. The first-order valence-electron chi connectivity index (χ1n) is 7.83. The summed E-state index contributed by atoms with van der Waals surface area (Å²) in [5, 5.41) is 3.32. The zero-order chi connectivity index (χ0) is 15.6. The van der Waals surface area contributed by atoms with Crippen molar-refractivity contribution in [2.45, 2.75) is 31.7 Å². The summed E-state index contributed by atoms with van der Waals surface area (Å²) in [6.45, 7) is 3.74. The van der Waals surface area contributed by atoms with Crippen LogP contribution in [0.4, 0.5) is 13.2 Å². The molecule has 0 radical (unpaired) electrons. The van der Waals surface area contributed by atoms with Gasteiger partial charge in [-0.3, -0.25) is 4.90 Å². The summed E-state index contributed by atoms with van der Waals surface area (Å²) in [5.41, 5.74) is 0.938. The predicted octanol–water partition coefficient (Wildman–Crippen LogP) is 3.33. The van der Waals surface area contributed by atoms with Crippen LogP contribution in [0.2, 0.25) is 0 Å². The Morgan fingerprint density at radius 3 is 2.50 bits per heavy atom. The Kier molecular flexibility index (Phi) is 4.59. The molecule has 1 aliphatic carbocycles. The van der Waals surface area contributed by atoms with Gasteiger partial charge in [0, 0.05) is 32.2 Å². The zero-order valence-corrected chi connectivity index (χ0v) is 12.4. The van der Waals surface area contributed by atoms with E-state index >= 15 is 0 Å². The molecule has 0 aromatic heterocycles. The molecule has 1 aromatic rings. The van der Waals surface area contributed by atoms with Gasteiger partial charge in [0.15, 0.2) is 0 Å². The summed E-state index contributed by atoms with van der Waals surface area (Å²) in [5.74, 6) is 0.420. The molecule has 3 nitrogen and oxygen atoms in total. The van der Waals surface area contributed by atoms with Gasteiger partial charge in [-0.1, -0.05) is 18.6 Å². The maximum Gasteiger partial charge on any atom is 0.573 e. The van der Waals surface area contributed by atoms with E-state index in [1.165, 1.54) is 12.5 Å². The minimum absolute atomic E-state index is 0.121. The number of rotatable bonds is 4.